The lowest BCUT2D eigenvalue weighted by Crippen LogP contribution is -2.42. The average Bonchev–Trinajstić information content (AvgIpc) is 2.11. The van der Waals surface area contributed by atoms with Crippen LogP contribution in [0.5, 0.6) is 5.75 Å². The van der Waals surface area contributed by atoms with Crippen LogP contribution in [-0.2, 0) is 0 Å². The lowest BCUT2D eigenvalue weighted by molar-refractivity contribution is 0.166. The van der Waals surface area contributed by atoms with Crippen LogP contribution in [0.3, 0.4) is 0 Å². The van der Waals surface area contributed by atoms with Crippen molar-refractivity contribution in [3.63, 3.8) is 0 Å². The van der Waals surface area contributed by atoms with Crippen molar-refractivity contribution < 1.29 is 5.11 Å². The Morgan fingerprint density at radius 1 is 1.06 bits per heavy atom. The fraction of sp³-hybridized carbons (Fsp3) is 0.600. The second-order valence-electron chi connectivity index (χ2n) is 5.60. The number of hydrogen-bond acceptors (Lipinski definition) is 2. The van der Waals surface area contributed by atoms with Gasteiger partial charge >= 0.3 is 0 Å². The number of aromatic hydroxyl groups is 1. The molecule has 2 aliphatic carbocycles. The Morgan fingerprint density at radius 2 is 1.71 bits per heavy atom. The molecule has 0 aromatic heterocycles. The Balaban J connectivity index is 1.70. The molecule has 1 aromatic carbocycles. The fourth-order valence-electron chi connectivity index (χ4n) is 3.01. The summed E-state index contributed by atoms with van der Waals surface area (Å²) in [5.74, 6) is 2.08. The van der Waals surface area contributed by atoms with Crippen LogP contribution in [0, 0.1) is 11.8 Å². The van der Waals surface area contributed by atoms with Crippen molar-refractivity contribution in [2.24, 2.45) is 11.8 Å². The smallest absolute Gasteiger partial charge is 0.117 e. The van der Waals surface area contributed by atoms with Gasteiger partial charge in [-0.05, 0) is 49.7 Å². The monoisotopic (exact) mass is 231 g/mol. The van der Waals surface area contributed by atoms with E-state index < -0.39 is 0 Å². The van der Waals surface area contributed by atoms with E-state index in [0.717, 1.165) is 17.5 Å². The van der Waals surface area contributed by atoms with Crippen molar-refractivity contribution in [1.29, 1.82) is 0 Å². The molecule has 0 spiro atoms. The normalized spacial score (nSPS) is 21.0. The molecule has 2 nitrogen and oxygen atoms in total. The molecule has 1 aromatic rings. The molecule has 17 heavy (non-hydrogen) atoms. The van der Waals surface area contributed by atoms with Crippen LogP contribution in [0.15, 0.2) is 24.3 Å². The van der Waals surface area contributed by atoms with Crippen LogP contribution in [0.1, 0.15) is 38.5 Å². The third kappa shape index (κ3) is 2.26. The first kappa shape index (κ1) is 10.9. The predicted molar refractivity (Wildman–Crippen MR) is 70.2 cm³/mol. The third-order valence-corrected chi connectivity index (χ3v) is 4.49. The summed E-state index contributed by atoms with van der Waals surface area (Å²) in [4.78, 5) is 0. The van der Waals surface area contributed by atoms with Gasteiger partial charge in [-0.3, -0.25) is 0 Å². The highest BCUT2D eigenvalue weighted by Crippen LogP contribution is 2.41. The van der Waals surface area contributed by atoms with Gasteiger partial charge in [0.05, 0.1) is 0 Å². The zero-order valence-electron chi connectivity index (χ0n) is 10.2. The summed E-state index contributed by atoms with van der Waals surface area (Å²) in [7, 11) is 0. The number of anilines is 1. The first-order valence-electron chi connectivity index (χ1n) is 6.88. The standard InChI is InChI=1S/C15H21NO/c17-14-9-3-8-13(10-14)16-15(11-4-1-5-11)12-6-2-7-12/h3,8-12,15-17H,1-2,4-7H2. The van der Waals surface area contributed by atoms with Crippen LogP contribution in [-0.4, -0.2) is 11.1 Å². The minimum absolute atomic E-state index is 0.357. The molecule has 0 atom stereocenters. The maximum absolute atomic E-state index is 9.51. The SMILES string of the molecule is Oc1cccc(NC(C2CCC2)C2CCC2)c1. The average molecular weight is 231 g/mol. The minimum Gasteiger partial charge on any atom is -0.508 e. The van der Waals surface area contributed by atoms with Crippen LogP contribution in [0.4, 0.5) is 5.69 Å². The minimum atomic E-state index is 0.357. The molecule has 0 amide bonds. The zero-order valence-corrected chi connectivity index (χ0v) is 10.2. The van der Waals surface area contributed by atoms with Crippen LogP contribution < -0.4 is 5.32 Å². The van der Waals surface area contributed by atoms with Crippen molar-refractivity contribution in [1.82, 2.24) is 0 Å². The van der Waals surface area contributed by atoms with Gasteiger partial charge < -0.3 is 10.4 Å². The number of phenolic OH excluding ortho intramolecular Hbond substituents is 1. The van der Waals surface area contributed by atoms with E-state index in [1.54, 1.807) is 6.07 Å². The highest BCUT2D eigenvalue weighted by Gasteiger charge is 2.35. The molecular formula is C15H21NO. The van der Waals surface area contributed by atoms with Gasteiger partial charge in [0.25, 0.3) is 0 Å². The molecule has 2 N–H and O–H groups in total. The van der Waals surface area contributed by atoms with Crippen molar-refractivity contribution in [2.45, 2.75) is 44.6 Å². The molecule has 2 aliphatic rings. The van der Waals surface area contributed by atoms with Gasteiger partial charge in [-0.15, -0.1) is 0 Å². The molecule has 3 rings (SSSR count). The molecule has 0 unspecified atom stereocenters. The summed E-state index contributed by atoms with van der Waals surface area (Å²) in [6.07, 6.45) is 8.32. The molecule has 0 bridgehead atoms. The Kier molecular flexibility index (Phi) is 2.96. The van der Waals surface area contributed by atoms with Crippen molar-refractivity contribution >= 4 is 5.69 Å². The van der Waals surface area contributed by atoms with E-state index in [0.29, 0.717) is 11.8 Å². The summed E-state index contributed by atoms with van der Waals surface area (Å²) in [6, 6.07) is 8.18. The van der Waals surface area contributed by atoms with Gasteiger partial charge in [0, 0.05) is 17.8 Å². The molecule has 2 heteroatoms. The van der Waals surface area contributed by atoms with E-state index in [1.807, 2.05) is 12.1 Å². The van der Waals surface area contributed by atoms with E-state index >= 15 is 0 Å². The van der Waals surface area contributed by atoms with E-state index in [1.165, 1.54) is 38.5 Å². The molecule has 2 saturated carbocycles. The van der Waals surface area contributed by atoms with Crippen molar-refractivity contribution in [2.75, 3.05) is 5.32 Å². The summed E-state index contributed by atoms with van der Waals surface area (Å²) in [5.41, 5.74) is 1.08. The van der Waals surface area contributed by atoms with E-state index in [9.17, 15) is 5.11 Å². The van der Waals surface area contributed by atoms with Gasteiger partial charge in [0.2, 0.25) is 0 Å². The number of rotatable bonds is 4. The number of benzene rings is 1. The highest BCUT2D eigenvalue weighted by molar-refractivity contribution is 5.48. The van der Waals surface area contributed by atoms with Crippen molar-refractivity contribution in [3.8, 4) is 5.75 Å². The number of nitrogens with one attached hydrogen (secondary N) is 1. The summed E-state index contributed by atoms with van der Waals surface area (Å²) < 4.78 is 0. The van der Waals surface area contributed by atoms with Crippen LogP contribution in [0.2, 0.25) is 0 Å². The van der Waals surface area contributed by atoms with E-state index in [2.05, 4.69) is 11.4 Å². The van der Waals surface area contributed by atoms with Gasteiger partial charge in [-0.1, -0.05) is 18.9 Å². The van der Waals surface area contributed by atoms with E-state index in [-0.39, 0.29) is 0 Å². The molecule has 92 valence electrons. The van der Waals surface area contributed by atoms with Crippen molar-refractivity contribution in [3.05, 3.63) is 24.3 Å². The largest absolute Gasteiger partial charge is 0.508 e. The second kappa shape index (κ2) is 4.59. The summed E-state index contributed by atoms with van der Waals surface area (Å²) in [5, 5.41) is 13.2. The Hall–Kier alpha value is -1.18. The van der Waals surface area contributed by atoms with Gasteiger partial charge in [0.15, 0.2) is 0 Å². The highest BCUT2D eigenvalue weighted by atomic mass is 16.3. The molecular weight excluding hydrogens is 210 g/mol. The van der Waals surface area contributed by atoms with Gasteiger partial charge in [0.1, 0.15) is 5.75 Å². The lowest BCUT2D eigenvalue weighted by atomic mass is 9.68. The second-order valence-corrected chi connectivity index (χ2v) is 5.60. The molecule has 0 radical (unpaired) electrons. The molecule has 0 aliphatic heterocycles. The molecule has 0 saturated heterocycles. The molecule has 0 heterocycles. The Labute approximate surface area is 103 Å². The number of phenols is 1. The zero-order chi connectivity index (χ0) is 11.7. The molecule has 2 fully saturated rings. The quantitative estimate of drug-likeness (QED) is 0.826. The van der Waals surface area contributed by atoms with Gasteiger partial charge in [-0.25, -0.2) is 0 Å². The lowest BCUT2D eigenvalue weighted by Gasteiger charge is -2.43. The van der Waals surface area contributed by atoms with Gasteiger partial charge in [-0.2, -0.15) is 0 Å². The Morgan fingerprint density at radius 3 is 2.18 bits per heavy atom. The predicted octanol–water partition coefficient (Wildman–Crippen LogP) is 3.77. The first-order chi connectivity index (χ1) is 8.33. The topological polar surface area (TPSA) is 32.3 Å². The Bertz CT molecular complexity index is 368. The van der Waals surface area contributed by atoms with Crippen LogP contribution in [0.25, 0.3) is 0 Å². The van der Waals surface area contributed by atoms with Crippen LogP contribution >= 0.6 is 0 Å². The summed E-state index contributed by atoms with van der Waals surface area (Å²) in [6.45, 7) is 0. The van der Waals surface area contributed by atoms with E-state index in [4.69, 9.17) is 0 Å². The third-order valence-electron chi connectivity index (χ3n) is 4.49. The fourth-order valence-corrected chi connectivity index (χ4v) is 3.01. The maximum Gasteiger partial charge on any atom is 0.117 e. The summed E-state index contributed by atoms with van der Waals surface area (Å²) >= 11 is 0. The number of hydrogen-bond donors (Lipinski definition) is 2. The first-order valence-corrected chi connectivity index (χ1v) is 6.88. The maximum atomic E-state index is 9.51.